The van der Waals surface area contributed by atoms with E-state index in [4.69, 9.17) is 0 Å². The van der Waals surface area contributed by atoms with Gasteiger partial charge >= 0.3 is 0 Å². The largest absolute Gasteiger partial charge is 0.284 e. The molecule has 1 aromatic heterocycles. The molecule has 3 rings (SSSR count). The van der Waals surface area contributed by atoms with Gasteiger partial charge in [0.1, 0.15) is 0 Å². The fourth-order valence-electron chi connectivity index (χ4n) is 3.06. The van der Waals surface area contributed by atoms with Gasteiger partial charge in [-0.15, -0.1) is 11.3 Å². The van der Waals surface area contributed by atoms with Gasteiger partial charge in [0.25, 0.3) is 5.91 Å². The molecule has 0 fully saturated rings. The summed E-state index contributed by atoms with van der Waals surface area (Å²) in [4.78, 5) is 14.4. The number of nitrogens with zero attached hydrogens (tertiary/aromatic N) is 1. The van der Waals surface area contributed by atoms with Gasteiger partial charge < -0.3 is 0 Å². The van der Waals surface area contributed by atoms with Crippen molar-refractivity contribution in [2.75, 3.05) is 11.0 Å². The average molecular weight is 406 g/mol. The minimum atomic E-state index is -3.35. The second-order valence-corrected chi connectivity index (χ2v) is 9.89. The maximum atomic E-state index is 12.4. The molecule has 1 unspecified atom stereocenters. The molecule has 2 aromatic rings. The molecule has 2 N–H and O–H groups in total. The second-order valence-electron chi connectivity index (χ2n) is 7.00. The first kappa shape index (κ1) is 19.6. The van der Waals surface area contributed by atoms with E-state index in [-0.39, 0.29) is 5.91 Å². The summed E-state index contributed by atoms with van der Waals surface area (Å²) in [5, 5.41) is 4.18. The van der Waals surface area contributed by atoms with Crippen molar-refractivity contribution < 1.29 is 13.2 Å². The summed E-state index contributed by atoms with van der Waals surface area (Å²) in [7, 11) is -3.35. The molecule has 0 spiro atoms. The van der Waals surface area contributed by atoms with E-state index in [0.29, 0.717) is 22.2 Å². The van der Waals surface area contributed by atoms with Crippen molar-refractivity contribution in [3.63, 3.8) is 0 Å². The number of hydrazone groups is 1. The van der Waals surface area contributed by atoms with Crippen LogP contribution in [0.5, 0.6) is 0 Å². The Hall–Kier alpha value is -2.19. The number of carbonyl (C=O) groups excluding carboxylic acids is 1. The van der Waals surface area contributed by atoms with Crippen LogP contribution in [-0.2, 0) is 22.9 Å². The highest BCUT2D eigenvalue weighted by Gasteiger charge is 2.20. The van der Waals surface area contributed by atoms with Gasteiger partial charge in [-0.2, -0.15) is 5.10 Å². The van der Waals surface area contributed by atoms with Gasteiger partial charge in [0.2, 0.25) is 10.0 Å². The van der Waals surface area contributed by atoms with E-state index in [1.807, 2.05) is 12.1 Å². The number of hydrogen-bond acceptors (Lipinski definition) is 5. The van der Waals surface area contributed by atoms with E-state index < -0.39 is 10.0 Å². The Labute approximate surface area is 163 Å². The molecule has 6 nitrogen and oxygen atoms in total. The van der Waals surface area contributed by atoms with E-state index in [0.717, 1.165) is 24.7 Å². The lowest BCUT2D eigenvalue weighted by atomic mass is 9.90. The first-order valence-electron chi connectivity index (χ1n) is 8.75. The lowest BCUT2D eigenvalue weighted by Crippen LogP contribution is -2.18. The number of rotatable bonds is 5. The number of nitrogens with one attached hydrogen (secondary N) is 2. The molecule has 1 aliphatic carbocycles. The van der Waals surface area contributed by atoms with Crippen molar-refractivity contribution in [3.8, 4) is 0 Å². The maximum Gasteiger partial charge on any atom is 0.281 e. The fourth-order valence-corrected chi connectivity index (χ4v) is 4.88. The summed E-state index contributed by atoms with van der Waals surface area (Å²) in [5.41, 5.74) is 5.66. The van der Waals surface area contributed by atoms with Crippen LogP contribution in [0.25, 0.3) is 0 Å². The third kappa shape index (κ3) is 5.17. The van der Waals surface area contributed by atoms with Crippen molar-refractivity contribution in [1.82, 2.24) is 5.43 Å². The third-order valence-electron chi connectivity index (χ3n) is 4.47. The topological polar surface area (TPSA) is 87.6 Å². The minimum absolute atomic E-state index is 0.216. The fraction of sp³-hybridized carbons (Fsp3) is 0.368. The summed E-state index contributed by atoms with van der Waals surface area (Å²) >= 11 is 1.55. The molecule has 1 heterocycles. The molecule has 144 valence electrons. The Morgan fingerprint density at radius 3 is 2.81 bits per heavy atom. The molecule has 1 amide bonds. The highest BCUT2D eigenvalue weighted by molar-refractivity contribution is 7.92. The zero-order valence-electron chi connectivity index (χ0n) is 15.6. The van der Waals surface area contributed by atoms with E-state index in [1.54, 1.807) is 36.5 Å². The van der Waals surface area contributed by atoms with E-state index >= 15 is 0 Å². The molecule has 1 atom stereocenters. The number of fused-ring (bicyclic) bond motifs is 1. The Morgan fingerprint density at radius 1 is 1.30 bits per heavy atom. The van der Waals surface area contributed by atoms with Crippen LogP contribution in [-0.4, -0.2) is 26.3 Å². The molecule has 0 radical (unpaired) electrons. The van der Waals surface area contributed by atoms with Crippen LogP contribution in [0.2, 0.25) is 0 Å². The van der Waals surface area contributed by atoms with Crippen LogP contribution < -0.4 is 10.1 Å². The predicted octanol–water partition coefficient (Wildman–Crippen LogP) is 3.40. The van der Waals surface area contributed by atoms with E-state index in [2.05, 4.69) is 22.2 Å². The lowest BCUT2D eigenvalue weighted by molar-refractivity contribution is 0.0959. The highest BCUT2D eigenvalue weighted by Crippen LogP contribution is 2.32. The normalized spacial score (nSPS) is 17.3. The van der Waals surface area contributed by atoms with Crippen molar-refractivity contribution in [3.05, 3.63) is 51.2 Å². The summed E-state index contributed by atoms with van der Waals surface area (Å²) in [5.74, 6) is 0.451. The molecule has 1 aliphatic rings. The van der Waals surface area contributed by atoms with E-state index in [1.165, 1.54) is 16.9 Å². The summed E-state index contributed by atoms with van der Waals surface area (Å²) in [6, 6.07) is 8.86. The molecule has 27 heavy (non-hydrogen) atoms. The van der Waals surface area contributed by atoms with Crippen LogP contribution in [0, 0.1) is 5.92 Å². The zero-order chi connectivity index (χ0) is 19.6. The van der Waals surface area contributed by atoms with Crippen LogP contribution in [0.1, 0.15) is 45.9 Å². The Bertz CT molecular complexity index is 993. The number of amides is 1. The van der Waals surface area contributed by atoms with Gasteiger partial charge in [-0.25, -0.2) is 13.8 Å². The molecule has 0 aliphatic heterocycles. The van der Waals surface area contributed by atoms with Crippen molar-refractivity contribution in [2.45, 2.75) is 33.1 Å². The monoisotopic (exact) mass is 405 g/mol. The lowest BCUT2D eigenvalue weighted by Gasteiger charge is -2.16. The number of hydrogen-bond donors (Lipinski definition) is 2. The number of sulfonamides is 1. The summed E-state index contributed by atoms with van der Waals surface area (Å²) < 4.78 is 25.2. The van der Waals surface area contributed by atoms with Crippen LogP contribution in [0.4, 0.5) is 5.69 Å². The van der Waals surface area contributed by atoms with Gasteiger partial charge in [-0.1, -0.05) is 19.1 Å². The average Bonchev–Trinajstić information content (AvgIpc) is 3.01. The molecule has 1 aromatic carbocycles. The maximum absolute atomic E-state index is 12.4. The van der Waals surface area contributed by atoms with Crippen LogP contribution in [0.3, 0.4) is 0 Å². The highest BCUT2D eigenvalue weighted by atomic mass is 32.2. The Kier molecular flexibility index (Phi) is 5.67. The van der Waals surface area contributed by atoms with Gasteiger partial charge in [-0.3, -0.25) is 9.52 Å². The van der Waals surface area contributed by atoms with Crippen molar-refractivity contribution in [2.24, 2.45) is 11.0 Å². The molecule has 8 heteroatoms. The molecule has 0 saturated heterocycles. The summed E-state index contributed by atoms with van der Waals surface area (Å²) in [6.07, 6.45) is 4.33. The Balaban J connectivity index is 1.70. The third-order valence-corrected chi connectivity index (χ3v) is 6.27. The second kappa shape index (κ2) is 7.82. The standard InChI is InChI=1S/C19H23N3O3S2/c1-12-7-8-15-11-18(26-17(15)9-12)19(23)21-20-13(2)14-5-4-6-16(10-14)22-27(3,24)25/h4-6,10-12,22H,7-9H2,1-3H3,(H,21,23)/b20-13-. The van der Waals surface area contributed by atoms with Gasteiger partial charge in [0.05, 0.1) is 16.8 Å². The minimum Gasteiger partial charge on any atom is -0.284 e. The number of anilines is 1. The zero-order valence-corrected chi connectivity index (χ0v) is 17.2. The van der Waals surface area contributed by atoms with Crippen molar-refractivity contribution in [1.29, 1.82) is 0 Å². The quantitative estimate of drug-likeness (QED) is 0.590. The number of carbonyl (C=O) groups is 1. The molecule has 0 bridgehead atoms. The van der Waals surface area contributed by atoms with Gasteiger partial charge in [-0.05, 0) is 61.4 Å². The first-order valence-corrected chi connectivity index (χ1v) is 11.5. The van der Waals surface area contributed by atoms with Crippen LogP contribution >= 0.6 is 11.3 Å². The predicted molar refractivity (Wildman–Crippen MR) is 110 cm³/mol. The van der Waals surface area contributed by atoms with Crippen molar-refractivity contribution >= 4 is 38.7 Å². The molecular formula is C19H23N3O3S2. The number of thiophene rings is 1. The first-order chi connectivity index (χ1) is 12.7. The van der Waals surface area contributed by atoms with Crippen LogP contribution in [0.15, 0.2) is 35.4 Å². The smallest absolute Gasteiger partial charge is 0.281 e. The Morgan fingerprint density at radius 2 is 2.07 bits per heavy atom. The van der Waals surface area contributed by atoms with Gasteiger partial charge in [0, 0.05) is 10.6 Å². The molecule has 0 saturated carbocycles. The van der Waals surface area contributed by atoms with E-state index in [9.17, 15) is 13.2 Å². The SMILES string of the molecule is C/C(=N/NC(=O)c1cc2c(s1)CC(C)CC2)c1cccc(NS(C)(=O)=O)c1. The summed E-state index contributed by atoms with van der Waals surface area (Å²) in [6.45, 7) is 4.00. The number of benzene rings is 1. The number of aryl methyl sites for hydroxylation is 1. The van der Waals surface area contributed by atoms with Gasteiger partial charge in [0.15, 0.2) is 0 Å². The molecular weight excluding hydrogens is 382 g/mol.